The Morgan fingerprint density at radius 2 is 1.50 bits per heavy atom. The Labute approximate surface area is 190 Å². The van der Waals surface area contributed by atoms with Crippen molar-refractivity contribution in [2.24, 2.45) is 5.10 Å². The second-order valence-corrected chi connectivity index (χ2v) is 10.6. The van der Waals surface area contributed by atoms with Crippen LogP contribution >= 0.6 is 89.9 Å². The molecule has 11 heteroatoms. The Hall–Kier alpha value is -0.210. The van der Waals surface area contributed by atoms with Gasteiger partial charge in [0.1, 0.15) is 5.69 Å². The van der Waals surface area contributed by atoms with E-state index in [0.29, 0.717) is 20.8 Å². The molecule has 1 aliphatic heterocycles. The zero-order valence-corrected chi connectivity index (χ0v) is 19.3. The van der Waals surface area contributed by atoms with E-state index in [9.17, 15) is 4.79 Å². The van der Waals surface area contributed by atoms with Gasteiger partial charge in [0.25, 0.3) is 5.91 Å². The number of carbonyl (C=O) groups is 1. The number of amides is 1. The highest BCUT2D eigenvalue weighted by molar-refractivity contribution is 9.26. The average molecular weight is 581 g/mol. The first-order chi connectivity index (χ1) is 12.1. The minimum atomic E-state index is -1.32. The van der Waals surface area contributed by atoms with E-state index in [1.165, 1.54) is 12.1 Å². The first-order valence-corrected chi connectivity index (χ1v) is 10.3. The molecule has 0 spiro atoms. The number of hydrazone groups is 1. The number of amidine groups is 1. The molecule has 3 rings (SSSR count). The van der Waals surface area contributed by atoms with Crippen LogP contribution in [0.15, 0.2) is 35.4 Å². The molecule has 0 saturated heterocycles. The standard InChI is InChI=1S/C15H6Br2Cl5N3O/c16-15(17)13(23-11-2-1-6(18)3-8(11)20)24-25(14(15)26)12-9(21)4-7(19)5-10(12)22/h1-5H,(H,23,24). The summed E-state index contributed by atoms with van der Waals surface area (Å²) in [5.74, 6) is -0.231. The first-order valence-electron chi connectivity index (χ1n) is 6.79. The van der Waals surface area contributed by atoms with Crippen LogP contribution in [0.2, 0.25) is 25.1 Å². The molecular weight excluding hydrogens is 575 g/mol. The molecule has 0 radical (unpaired) electrons. The van der Waals surface area contributed by atoms with E-state index in [-0.39, 0.29) is 21.6 Å². The van der Waals surface area contributed by atoms with Crippen molar-refractivity contribution in [2.45, 2.75) is 3.23 Å². The van der Waals surface area contributed by atoms with Gasteiger partial charge >= 0.3 is 0 Å². The maximum atomic E-state index is 12.8. The normalized spacial score (nSPS) is 16.0. The molecule has 0 atom stereocenters. The van der Waals surface area contributed by atoms with E-state index in [1.54, 1.807) is 18.2 Å². The van der Waals surface area contributed by atoms with E-state index in [0.717, 1.165) is 5.01 Å². The van der Waals surface area contributed by atoms with Gasteiger partial charge in [0.15, 0.2) is 5.84 Å². The maximum absolute atomic E-state index is 12.8. The average Bonchev–Trinajstić information content (AvgIpc) is 2.73. The molecule has 136 valence electrons. The summed E-state index contributed by atoms with van der Waals surface area (Å²) in [7, 11) is 0. The van der Waals surface area contributed by atoms with Crippen LogP contribution in [0, 0.1) is 0 Å². The smallest absolute Gasteiger partial charge is 0.283 e. The molecular formula is C15H6Br2Cl5N3O. The summed E-state index contributed by atoms with van der Waals surface area (Å²) in [6.45, 7) is 0. The fourth-order valence-corrected chi connectivity index (χ4v) is 4.28. The summed E-state index contributed by atoms with van der Waals surface area (Å²) in [5.41, 5.74) is 0.728. The van der Waals surface area contributed by atoms with Gasteiger partial charge in [-0.25, -0.2) is 0 Å². The Balaban J connectivity index is 2.03. The molecule has 0 saturated carbocycles. The summed E-state index contributed by atoms with van der Waals surface area (Å²) >= 11 is 37.0. The van der Waals surface area contributed by atoms with E-state index in [1.807, 2.05) is 0 Å². The Kier molecular flexibility index (Phi) is 6.05. The van der Waals surface area contributed by atoms with Crippen LogP contribution in [-0.4, -0.2) is 15.0 Å². The highest BCUT2D eigenvalue weighted by Gasteiger charge is 2.49. The lowest BCUT2D eigenvalue weighted by Crippen LogP contribution is -2.38. The van der Waals surface area contributed by atoms with Crippen LogP contribution in [-0.2, 0) is 4.79 Å². The second kappa shape index (κ2) is 7.66. The number of nitrogens with zero attached hydrogens (tertiary/aromatic N) is 2. The Bertz CT molecular complexity index is 928. The summed E-state index contributed by atoms with van der Waals surface area (Å²) in [6, 6.07) is 7.83. The lowest BCUT2D eigenvalue weighted by atomic mass is 10.2. The molecule has 0 unspecified atom stereocenters. The largest absolute Gasteiger partial charge is 0.339 e. The van der Waals surface area contributed by atoms with Crippen molar-refractivity contribution >= 4 is 113 Å². The first kappa shape index (κ1) is 20.5. The van der Waals surface area contributed by atoms with Gasteiger partial charge in [-0.3, -0.25) is 4.79 Å². The number of hydrogen-bond donors (Lipinski definition) is 1. The lowest BCUT2D eigenvalue weighted by Gasteiger charge is -2.18. The molecule has 0 bridgehead atoms. The highest BCUT2D eigenvalue weighted by Crippen LogP contribution is 2.44. The van der Waals surface area contributed by atoms with Crippen LogP contribution < -0.4 is 10.3 Å². The molecule has 2 aromatic carbocycles. The van der Waals surface area contributed by atoms with Gasteiger partial charge in [-0.1, -0.05) is 89.9 Å². The van der Waals surface area contributed by atoms with Crippen LogP contribution in [0.3, 0.4) is 0 Å². The van der Waals surface area contributed by atoms with Gasteiger partial charge < -0.3 is 5.32 Å². The van der Waals surface area contributed by atoms with Crippen molar-refractivity contribution in [3.8, 4) is 0 Å². The SMILES string of the molecule is O=C1N(c2c(Cl)cc(Cl)cc2Cl)N=C(Nc2ccc(Cl)cc2Cl)C1(Br)Br. The molecule has 1 heterocycles. The van der Waals surface area contributed by atoms with Crippen molar-refractivity contribution in [1.82, 2.24) is 0 Å². The zero-order valence-electron chi connectivity index (χ0n) is 12.3. The molecule has 4 nitrogen and oxygen atoms in total. The number of anilines is 2. The molecule has 0 aliphatic carbocycles. The predicted molar refractivity (Wildman–Crippen MR) is 117 cm³/mol. The van der Waals surface area contributed by atoms with Gasteiger partial charge in [-0.05, 0) is 30.3 Å². The van der Waals surface area contributed by atoms with Crippen molar-refractivity contribution in [3.63, 3.8) is 0 Å². The Morgan fingerprint density at radius 1 is 0.923 bits per heavy atom. The van der Waals surface area contributed by atoms with E-state index in [2.05, 4.69) is 42.3 Å². The minimum Gasteiger partial charge on any atom is -0.339 e. The molecule has 1 aliphatic rings. The molecule has 0 aromatic heterocycles. The number of hydrogen-bond acceptors (Lipinski definition) is 3. The minimum absolute atomic E-state index is 0.182. The fraction of sp³-hybridized carbons (Fsp3) is 0.0667. The highest BCUT2D eigenvalue weighted by atomic mass is 79.9. The van der Waals surface area contributed by atoms with E-state index < -0.39 is 9.14 Å². The third-order valence-corrected chi connectivity index (χ3v) is 6.11. The molecule has 1 N–H and O–H groups in total. The van der Waals surface area contributed by atoms with E-state index in [4.69, 9.17) is 58.0 Å². The molecule has 0 fully saturated rings. The third-order valence-electron chi connectivity index (χ3n) is 3.34. The van der Waals surface area contributed by atoms with Crippen molar-refractivity contribution in [3.05, 3.63) is 55.4 Å². The number of halogens is 7. The van der Waals surface area contributed by atoms with Gasteiger partial charge in [-0.2, -0.15) is 5.01 Å². The zero-order chi connectivity index (χ0) is 19.2. The number of rotatable bonds is 2. The molecule has 1 amide bonds. The monoisotopic (exact) mass is 577 g/mol. The summed E-state index contributed by atoms with van der Waals surface area (Å²) < 4.78 is -1.32. The van der Waals surface area contributed by atoms with Gasteiger partial charge in [0, 0.05) is 10.0 Å². The summed E-state index contributed by atoms with van der Waals surface area (Å²) in [6.07, 6.45) is 0. The van der Waals surface area contributed by atoms with Gasteiger partial charge in [0.2, 0.25) is 3.23 Å². The maximum Gasteiger partial charge on any atom is 0.283 e. The van der Waals surface area contributed by atoms with Crippen LogP contribution in [0.5, 0.6) is 0 Å². The number of benzene rings is 2. The van der Waals surface area contributed by atoms with Crippen molar-refractivity contribution in [1.29, 1.82) is 0 Å². The number of carbonyl (C=O) groups excluding carboxylic acids is 1. The summed E-state index contributed by atoms with van der Waals surface area (Å²) in [4.78, 5) is 12.8. The number of alkyl halides is 2. The predicted octanol–water partition coefficient (Wildman–Crippen LogP) is 7.21. The second-order valence-electron chi connectivity index (χ2n) is 5.11. The third kappa shape index (κ3) is 3.83. The summed E-state index contributed by atoms with van der Waals surface area (Å²) in [5, 5.41) is 9.92. The van der Waals surface area contributed by atoms with Crippen LogP contribution in [0.4, 0.5) is 11.4 Å². The van der Waals surface area contributed by atoms with Crippen molar-refractivity contribution < 1.29 is 4.79 Å². The topological polar surface area (TPSA) is 44.7 Å². The number of nitrogens with one attached hydrogen (secondary N) is 1. The van der Waals surface area contributed by atoms with Crippen molar-refractivity contribution in [2.75, 3.05) is 10.3 Å². The van der Waals surface area contributed by atoms with Gasteiger partial charge in [-0.15, -0.1) is 5.10 Å². The van der Waals surface area contributed by atoms with E-state index >= 15 is 0 Å². The van der Waals surface area contributed by atoms with Gasteiger partial charge in [0.05, 0.1) is 20.8 Å². The lowest BCUT2D eigenvalue weighted by molar-refractivity contribution is -0.116. The molecule has 26 heavy (non-hydrogen) atoms. The fourth-order valence-electron chi connectivity index (χ4n) is 2.15. The Morgan fingerprint density at radius 3 is 2.08 bits per heavy atom. The van der Waals surface area contributed by atoms with Crippen LogP contribution in [0.1, 0.15) is 0 Å². The molecule has 2 aromatic rings. The quantitative estimate of drug-likeness (QED) is 0.381. The van der Waals surface area contributed by atoms with Crippen LogP contribution in [0.25, 0.3) is 0 Å².